The first-order chi connectivity index (χ1) is 10.2. The largest absolute Gasteiger partial charge is 0.340 e. The Morgan fingerprint density at radius 2 is 2.29 bits per heavy atom. The quantitative estimate of drug-likeness (QED) is 0.876. The van der Waals surface area contributed by atoms with Gasteiger partial charge in [-0.3, -0.25) is 14.2 Å². The zero-order valence-electron chi connectivity index (χ0n) is 12.0. The van der Waals surface area contributed by atoms with Gasteiger partial charge in [0, 0.05) is 19.6 Å². The van der Waals surface area contributed by atoms with Crippen LogP contribution in [0.15, 0.2) is 35.4 Å². The average Bonchev–Trinajstić information content (AvgIpc) is 3.04. The predicted molar refractivity (Wildman–Crippen MR) is 80.0 cm³/mol. The highest BCUT2D eigenvalue weighted by Gasteiger charge is 2.23. The van der Waals surface area contributed by atoms with E-state index in [9.17, 15) is 9.59 Å². The Balaban J connectivity index is 1.83. The van der Waals surface area contributed by atoms with E-state index in [4.69, 9.17) is 0 Å². The third-order valence-corrected chi connectivity index (χ3v) is 4.01. The highest BCUT2D eigenvalue weighted by atomic mass is 16.2. The summed E-state index contributed by atoms with van der Waals surface area (Å²) in [7, 11) is 1.79. The molecule has 2 aromatic rings. The first-order valence-electron chi connectivity index (χ1n) is 7.07. The monoisotopic (exact) mass is 286 g/mol. The van der Waals surface area contributed by atoms with Crippen LogP contribution in [0.2, 0.25) is 0 Å². The number of benzene rings is 1. The summed E-state index contributed by atoms with van der Waals surface area (Å²) in [5.74, 6) is -0.0668. The predicted octanol–water partition coefficient (Wildman–Crippen LogP) is 0.217. The summed E-state index contributed by atoms with van der Waals surface area (Å²) in [5, 5.41) is 3.77. The third-order valence-electron chi connectivity index (χ3n) is 4.01. The Labute approximate surface area is 122 Å². The van der Waals surface area contributed by atoms with Crippen LogP contribution in [0.1, 0.15) is 6.42 Å². The maximum absolute atomic E-state index is 12.3. The van der Waals surface area contributed by atoms with Crippen molar-refractivity contribution in [3.8, 4) is 0 Å². The van der Waals surface area contributed by atoms with Crippen LogP contribution < -0.4 is 10.9 Å². The summed E-state index contributed by atoms with van der Waals surface area (Å²) in [6.45, 7) is 1.77. The Kier molecular flexibility index (Phi) is 3.70. The molecule has 6 heteroatoms. The van der Waals surface area contributed by atoms with Crippen LogP contribution in [-0.2, 0) is 11.3 Å². The Morgan fingerprint density at radius 1 is 1.48 bits per heavy atom. The van der Waals surface area contributed by atoms with Gasteiger partial charge in [-0.1, -0.05) is 12.1 Å². The van der Waals surface area contributed by atoms with Crippen molar-refractivity contribution in [2.75, 3.05) is 20.1 Å². The zero-order valence-corrected chi connectivity index (χ0v) is 12.0. The minimum absolute atomic E-state index is 0.0314. The highest BCUT2D eigenvalue weighted by Crippen LogP contribution is 2.08. The van der Waals surface area contributed by atoms with Gasteiger partial charge < -0.3 is 10.2 Å². The number of para-hydroxylation sites is 1. The van der Waals surface area contributed by atoms with Crippen LogP contribution in [0.25, 0.3) is 10.9 Å². The van der Waals surface area contributed by atoms with E-state index in [0.717, 1.165) is 19.5 Å². The molecule has 1 aromatic carbocycles. The number of amides is 1. The molecule has 1 unspecified atom stereocenters. The van der Waals surface area contributed by atoms with Gasteiger partial charge in [-0.05, 0) is 25.1 Å². The van der Waals surface area contributed by atoms with Crippen molar-refractivity contribution in [3.05, 3.63) is 40.9 Å². The number of hydrogen-bond acceptors (Lipinski definition) is 4. The number of fused-ring (bicyclic) bond motifs is 1. The summed E-state index contributed by atoms with van der Waals surface area (Å²) in [6, 6.07) is 7.37. The standard InChI is InChI=1S/C15H18N4O2/c1-18(11-6-7-16-8-11)14(20)9-19-10-17-13-5-3-2-4-12(13)15(19)21/h2-5,10-11,16H,6-9H2,1H3. The van der Waals surface area contributed by atoms with E-state index in [-0.39, 0.29) is 24.1 Å². The second-order valence-corrected chi connectivity index (χ2v) is 5.35. The molecule has 0 bridgehead atoms. The minimum atomic E-state index is -0.174. The molecular formula is C15H18N4O2. The molecule has 1 fully saturated rings. The molecule has 1 amide bonds. The van der Waals surface area contributed by atoms with E-state index >= 15 is 0 Å². The van der Waals surface area contributed by atoms with Crippen LogP contribution in [0, 0.1) is 0 Å². The lowest BCUT2D eigenvalue weighted by atomic mass is 10.2. The fraction of sp³-hybridized carbons (Fsp3) is 0.400. The van der Waals surface area contributed by atoms with Gasteiger partial charge >= 0.3 is 0 Å². The Hall–Kier alpha value is -2.21. The second kappa shape index (κ2) is 5.65. The topological polar surface area (TPSA) is 67.2 Å². The fourth-order valence-electron chi connectivity index (χ4n) is 2.65. The van der Waals surface area contributed by atoms with Crippen molar-refractivity contribution in [2.24, 2.45) is 0 Å². The molecule has 21 heavy (non-hydrogen) atoms. The molecule has 0 radical (unpaired) electrons. The number of nitrogens with one attached hydrogen (secondary N) is 1. The number of likely N-dealkylation sites (N-methyl/N-ethyl adjacent to an activating group) is 1. The van der Waals surface area contributed by atoms with Gasteiger partial charge in [0.05, 0.1) is 17.2 Å². The smallest absolute Gasteiger partial charge is 0.261 e. The lowest BCUT2D eigenvalue weighted by Crippen LogP contribution is -2.41. The molecule has 1 aliphatic rings. The number of carbonyl (C=O) groups excluding carboxylic acids is 1. The molecule has 0 saturated carbocycles. The number of aromatic nitrogens is 2. The molecule has 1 atom stereocenters. The number of carbonyl (C=O) groups is 1. The molecular weight excluding hydrogens is 268 g/mol. The van der Waals surface area contributed by atoms with Crippen LogP contribution in [0.5, 0.6) is 0 Å². The van der Waals surface area contributed by atoms with Crippen LogP contribution in [0.4, 0.5) is 0 Å². The molecule has 0 aliphatic carbocycles. The van der Waals surface area contributed by atoms with E-state index in [2.05, 4.69) is 10.3 Å². The molecule has 1 aliphatic heterocycles. The van der Waals surface area contributed by atoms with Crippen LogP contribution in [-0.4, -0.2) is 46.5 Å². The summed E-state index contributed by atoms with van der Waals surface area (Å²) in [4.78, 5) is 30.6. The van der Waals surface area contributed by atoms with Gasteiger partial charge in [0.2, 0.25) is 5.91 Å². The summed E-state index contributed by atoms with van der Waals surface area (Å²) in [5.41, 5.74) is 0.478. The van der Waals surface area contributed by atoms with Crippen molar-refractivity contribution in [3.63, 3.8) is 0 Å². The van der Waals surface area contributed by atoms with Gasteiger partial charge in [-0.25, -0.2) is 4.98 Å². The normalized spacial score (nSPS) is 18.0. The first-order valence-corrected chi connectivity index (χ1v) is 7.07. The Morgan fingerprint density at radius 3 is 3.05 bits per heavy atom. The number of hydrogen-bond donors (Lipinski definition) is 1. The van der Waals surface area contributed by atoms with Crippen molar-refractivity contribution in [2.45, 2.75) is 19.0 Å². The number of rotatable bonds is 3. The van der Waals surface area contributed by atoms with Crippen molar-refractivity contribution in [1.82, 2.24) is 19.8 Å². The molecule has 110 valence electrons. The third kappa shape index (κ3) is 2.67. The summed E-state index contributed by atoms with van der Waals surface area (Å²) < 4.78 is 1.38. The van der Waals surface area contributed by atoms with Crippen molar-refractivity contribution >= 4 is 16.8 Å². The average molecular weight is 286 g/mol. The van der Waals surface area contributed by atoms with Gasteiger partial charge in [0.1, 0.15) is 6.54 Å². The van der Waals surface area contributed by atoms with E-state index in [0.29, 0.717) is 10.9 Å². The lowest BCUT2D eigenvalue weighted by molar-refractivity contribution is -0.132. The van der Waals surface area contributed by atoms with E-state index in [1.807, 2.05) is 6.07 Å². The molecule has 6 nitrogen and oxygen atoms in total. The maximum Gasteiger partial charge on any atom is 0.261 e. The molecule has 1 N–H and O–H groups in total. The van der Waals surface area contributed by atoms with Gasteiger partial charge in [-0.15, -0.1) is 0 Å². The Bertz CT molecular complexity index is 719. The summed E-state index contributed by atoms with van der Waals surface area (Å²) >= 11 is 0. The fourth-order valence-corrected chi connectivity index (χ4v) is 2.65. The lowest BCUT2D eigenvalue weighted by Gasteiger charge is -2.24. The first kappa shape index (κ1) is 13.8. The second-order valence-electron chi connectivity index (χ2n) is 5.35. The molecule has 1 aromatic heterocycles. The molecule has 0 spiro atoms. The highest BCUT2D eigenvalue weighted by molar-refractivity contribution is 5.79. The molecule has 2 heterocycles. The minimum Gasteiger partial charge on any atom is -0.340 e. The zero-order chi connectivity index (χ0) is 14.8. The SMILES string of the molecule is CN(C(=O)Cn1cnc2ccccc2c1=O)C1CCNC1. The van der Waals surface area contributed by atoms with E-state index in [1.165, 1.54) is 10.9 Å². The number of nitrogens with zero attached hydrogens (tertiary/aromatic N) is 3. The van der Waals surface area contributed by atoms with Gasteiger partial charge in [0.15, 0.2) is 0 Å². The van der Waals surface area contributed by atoms with Crippen LogP contribution >= 0.6 is 0 Å². The summed E-state index contributed by atoms with van der Waals surface area (Å²) in [6.07, 6.45) is 2.40. The van der Waals surface area contributed by atoms with Gasteiger partial charge in [-0.2, -0.15) is 0 Å². The molecule has 3 rings (SSSR count). The van der Waals surface area contributed by atoms with Crippen molar-refractivity contribution in [1.29, 1.82) is 0 Å². The van der Waals surface area contributed by atoms with E-state index in [1.54, 1.807) is 30.1 Å². The van der Waals surface area contributed by atoms with Gasteiger partial charge in [0.25, 0.3) is 5.56 Å². The molecule has 1 saturated heterocycles. The maximum atomic E-state index is 12.3. The van der Waals surface area contributed by atoms with E-state index < -0.39 is 0 Å². The van der Waals surface area contributed by atoms with Crippen molar-refractivity contribution < 1.29 is 4.79 Å². The van der Waals surface area contributed by atoms with Crippen LogP contribution in [0.3, 0.4) is 0 Å².